The van der Waals surface area contributed by atoms with Crippen molar-refractivity contribution in [1.29, 1.82) is 0 Å². The van der Waals surface area contributed by atoms with Crippen LogP contribution in [0.1, 0.15) is 16.7 Å². The first-order valence-corrected chi connectivity index (χ1v) is 15.3. The fourth-order valence-corrected chi connectivity index (χ4v) is 5.44. The van der Waals surface area contributed by atoms with E-state index in [-0.39, 0.29) is 10.6 Å². The molecule has 0 atom stereocenters. The number of non-ortho nitro benzene ring substituents is 1. The Kier molecular flexibility index (Phi) is 9.62. The molecule has 6 rings (SSSR count). The van der Waals surface area contributed by atoms with Crippen molar-refractivity contribution in [3.05, 3.63) is 148 Å². The largest absolute Gasteiger partial charge is 0.473 e. The second kappa shape index (κ2) is 14.5. The van der Waals surface area contributed by atoms with Gasteiger partial charge in [0, 0.05) is 62.2 Å². The molecule has 4 aromatic carbocycles. The lowest BCUT2D eigenvalue weighted by Gasteiger charge is -2.36. The summed E-state index contributed by atoms with van der Waals surface area (Å²) in [7, 11) is 0. The van der Waals surface area contributed by atoms with Gasteiger partial charge in [-0.05, 0) is 46.9 Å². The number of aromatic nitrogens is 1. The predicted molar refractivity (Wildman–Crippen MR) is 177 cm³/mol. The number of nitrogens with zero attached hydrogens (tertiary/aromatic N) is 4. The molecule has 1 fully saturated rings. The van der Waals surface area contributed by atoms with Gasteiger partial charge in [0.05, 0.1) is 4.92 Å². The predicted octanol–water partition coefficient (Wildman–Crippen LogP) is 7.18. The average Bonchev–Trinajstić information content (AvgIpc) is 3.10. The molecule has 1 aromatic heterocycles. The average molecular weight is 601 g/mol. The summed E-state index contributed by atoms with van der Waals surface area (Å²) in [5.41, 5.74) is 6.56. The first kappa shape index (κ1) is 29.8. The molecule has 8 heteroatoms. The van der Waals surface area contributed by atoms with Crippen LogP contribution in [0.25, 0.3) is 11.1 Å². The standard InChI is InChI=1S/C37H36N4O4/c42-41(43)34-17-15-33(16-18-34)40-25-23-39(24-26-40)22-21-29-11-13-32(14-12-29)35-19-20-36(44-27-30-7-3-1-4-8-30)38-37(35)45-28-31-9-5-2-6-10-31/h1-20H,21-28H2. The molecule has 0 aliphatic carbocycles. The van der Waals surface area contributed by atoms with Gasteiger partial charge in [-0.25, -0.2) is 0 Å². The highest BCUT2D eigenvalue weighted by Crippen LogP contribution is 2.32. The molecule has 228 valence electrons. The second-order valence-electron chi connectivity index (χ2n) is 11.1. The third-order valence-corrected chi connectivity index (χ3v) is 8.06. The minimum Gasteiger partial charge on any atom is -0.473 e. The molecular formula is C37H36N4O4. The first-order chi connectivity index (χ1) is 22.1. The summed E-state index contributed by atoms with van der Waals surface area (Å²) in [6, 6.07) is 39.5. The van der Waals surface area contributed by atoms with E-state index < -0.39 is 0 Å². The summed E-state index contributed by atoms with van der Waals surface area (Å²) >= 11 is 0. The van der Waals surface area contributed by atoms with Crippen LogP contribution >= 0.6 is 0 Å². The van der Waals surface area contributed by atoms with Gasteiger partial charge in [0.25, 0.3) is 5.69 Å². The minimum absolute atomic E-state index is 0.125. The molecule has 1 aliphatic rings. The highest BCUT2D eigenvalue weighted by atomic mass is 16.6. The van der Waals surface area contributed by atoms with E-state index in [9.17, 15) is 10.1 Å². The van der Waals surface area contributed by atoms with Gasteiger partial charge in [0.15, 0.2) is 0 Å². The second-order valence-corrected chi connectivity index (χ2v) is 11.1. The number of anilines is 1. The van der Waals surface area contributed by atoms with Gasteiger partial charge in [-0.1, -0.05) is 84.9 Å². The van der Waals surface area contributed by atoms with Gasteiger partial charge >= 0.3 is 0 Å². The van der Waals surface area contributed by atoms with Gasteiger partial charge in [-0.3, -0.25) is 15.0 Å². The topological polar surface area (TPSA) is 81.0 Å². The zero-order valence-corrected chi connectivity index (χ0v) is 25.1. The number of benzene rings is 4. The number of pyridine rings is 1. The number of piperazine rings is 1. The number of rotatable bonds is 12. The molecule has 0 bridgehead atoms. The quantitative estimate of drug-likeness (QED) is 0.111. The van der Waals surface area contributed by atoms with Gasteiger partial charge in [-0.2, -0.15) is 4.98 Å². The normalized spacial score (nSPS) is 13.4. The van der Waals surface area contributed by atoms with Crippen LogP contribution < -0.4 is 14.4 Å². The Morgan fingerprint density at radius 1 is 0.667 bits per heavy atom. The van der Waals surface area contributed by atoms with Crippen LogP contribution in [0, 0.1) is 10.1 Å². The Morgan fingerprint density at radius 3 is 1.91 bits per heavy atom. The number of hydrogen-bond acceptors (Lipinski definition) is 7. The smallest absolute Gasteiger partial charge is 0.269 e. The van der Waals surface area contributed by atoms with Crippen molar-refractivity contribution in [1.82, 2.24) is 9.88 Å². The van der Waals surface area contributed by atoms with Crippen molar-refractivity contribution >= 4 is 11.4 Å². The molecule has 0 spiro atoms. The van der Waals surface area contributed by atoms with Crippen LogP contribution in [0.5, 0.6) is 11.8 Å². The fourth-order valence-electron chi connectivity index (χ4n) is 5.44. The summed E-state index contributed by atoms with van der Waals surface area (Å²) in [5, 5.41) is 10.9. The Morgan fingerprint density at radius 2 is 1.29 bits per heavy atom. The maximum Gasteiger partial charge on any atom is 0.269 e. The van der Waals surface area contributed by atoms with E-state index in [0.717, 1.165) is 67.1 Å². The van der Waals surface area contributed by atoms with Gasteiger partial charge in [0.1, 0.15) is 13.2 Å². The lowest BCUT2D eigenvalue weighted by molar-refractivity contribution is -0.384. The van der Waals surface area contributed by atoms with Crippen molar-refractivity contribution in [3.8, 4) is 22.9 Å². The van der Waals surface area contributed by atoms with E-state index >= 15 is 0 Å². The zero-order chi connectivity index (χ0) is 30.8. The van der Waals surface area contributed by atoms with Crippen molar-refractivity contribution in [2.75, 3.05) is 37.6 Å². The van der Waals surface area contributed by atoms with E-state index in [0.29, 0.717) is 25.0 Å². The molecule has 2 heterocycles. The zero-order valence-electron chi connectivity index (χ0n) is 25.1. The molecular weight excluding hydrogens is 564 g/mol. The molecule has 0 radical (unpaired) electrons. The summed E-state index contributed by atoms with van der Waals surface area (Å²) in [4.78, 5) is 20.1. The Balaban J connectivity index is 1.07. The molecule has 5 aromatic rings. The number of ether oxygens (including phenoxy) is 2. The SMILES string of the molecule is O=[N+]([O-])c1ccc(N2CCN(CCc3ccc(-c4ccc(OCc5ccccc5)nc4OCc4ccccc4)cc3)CC2)cc1. The monoisotopic (exact) mass is 600 g/mol. The third kappa shape index (κ3) is 8.04. The van der Waals surface area contributed by atoms with E-state index in [1.807, 2.05) is 84.9 Å². The van der Waals surface area contributed by atoms with E-state index in [1.165, 1.54) is 5.56 Å². The number of nitro benzene ring substituents is 1. The van der Waals surface area contributed by atoms with Crippen LogP contribution in [0.4, 0.5) is 11.4 Å². The first-order valence-electron chi connectivity index (χ1n) is 15.3. The van der Waals surface area contributed by atoms with E-state index in [1.54, 1.807) is 12.1 Å². The number of hydrogen-bond donors (Lipinski definition) is 0. The molecule has 0 amide bonds. The highest BCUT2D eigenvalue weighted by Gasteiger charge is 2.18. The lowest BCUT2D eigenvalue weighted by Crippen LogP contribution is -2.46. The molecule has 8 nitrogen and oxygen atoms in total. The number of nitro groups is 1. The minimum atomic E-state index is -0.358. The summed E-state index contributed by atoms with van der Waals surface area (Å²) < 4.78 is 12.3. The van der Waals surface area contributed by atoms with Gasteiger partial charge in [-0.15, -0.1) is 0 Å². The Bertz CT molecular complexity index is 1670. The third-order valence-electron chi connectivity index (χ3n) is 8.06. The molecule has 1 saturated heterocycles. The van der Waals surface area contributed by atoms with Crippen LogP contribution in [0.3, 0.4) is 0 Å². The van der Waals surface area contributed by atoms with Crippen molar-refractivity contribution < 1.29 is 14.4 Å². The van der Waals surface area contributed by atoms with Crippen LogP contribution in [0.2, 0.25) is 0 Å². The van der Waals surface area contributed by atoms with Crippen LogP contribution in [0.15, 0.2) is 121 Å². The maximum absolute atomic E-state index is 10.9. The van der Waals surface area contributed by atoms with E-state index in [4.69, 9.17) is 14.5 Å². The van der Waals surface area contributed by atoms with Crippen LogP contribution in [-0.4, -0.2) is 47.5 Å². The fraction of sp³-hybridized carbons (Fsp3) is 0.216. The van der Waals surface area contributed by atoms with Gasteiger partial charge < -0.3 is 14.4 Å². The van der Waals surface area contributed by atoms with Crippen molar-refractivity contribution in [3.63, 3.8) is 0 Å². The summed E-state index contributed by atoms with van der Waals surface area (Å²) in [6.07, 6.45) is 0.958. The molecule has 1 aliphatic heterocycles. The molecule has 0 unspecified atom stereocenters. The maximum atomic E-state index is 10.9. The highest BCUT2D eigenvalue weighted by molar-refractivity contribution is 5.69. The Labute approximate surface area is 263 Å². The summed E-state index contributed by atoms with van der Waals surface area (Å²) in [5.74, 6) is 1.07. The summed E-state index contributed by atoms with van der Waals surface area (Å²) in [6.45, 7) is 5.56. The molecule has 45 heavy (non-hydrogen) atoms. The van der Waals surface area contributed by atoms with E-state index in [2.05, 4.69) is 34.1 Å². The lowest BCUT2D eigenvalue weighted by atomic mass is 10.0. The van der Waals surface area contributed by atoms with Crippen LogP contribution in [-0.2, 0) is 19.6 Å². The molecule has 0 N–H and O–H groups in total. The Hall–Kier alpha value is -5.21. The molecule has 0 saturated carbocycles. The van der Waals surface area contributed by atoms with Crippen molar-refractivity contribution in [2.45, 2.75) is 19.6 Å². The van der Waals surface area contributed by atoms with Gasteiger partial charge in [0.2, 0.25) is 11.8 Å². The van der Waals surface area contributed by atoms with Crippen molar-refractivity contribution in [2.24, 2.45) is 0 Å².